The van der Waals surface area contributed by atoms with Crippen LogP contribution in [0.25, 0.3) is 11.2 Å². The molecule has 2 amide bonds. The predicted octanol–water partition coefficient (Wildman–Crippen LogP) is -2.68. The van der Waals surface area contributed by atoms with Crippen LogP contribution < -0.4 is 35.9 Å². The van der Waals surface area contributed by atoms with Gasteiger partial charge < -0.3 is 69.0 Å². The van der Waals surface area contributed by atoms with Crippen molar-refractivity contribution in [3.8, 4) is 0 Å². The number of nitrogens with one attached hydrogen (secondary N) is 2. The van der Waals surface area contributed by atoms with E-state index in [-0.39, 0.29) is 48.7 Å². The number of ketones is 1. The molecule has 1 aliphatic rings. The number of phosphoric acid groups is 3. The molecule has 3 aromatic rings. The number of aliphatic hydroxyl groups is 2. The van der Waals surface area contributed by atoms with Crippen LogP contribution in [0.2, 0.25) is 0 Å². The van der Waals surface area contributed by atoms with Gasteiger partial charge in [-0.05, 0) is 6.92 Å². The number of benzene rings is 1. The molecule has 7 atom stereocenters. The minimum atomic E-state index is -5.94. The number of carbonyl (C=O) groups is 3. The molecule has 2 aromatic heterocycles. The number of amides is 2. The van der Waals surface area contributed by atoms with Crippen LogP contribution in [0.1, 0.15) is 44.0 Å². The summed E-state index contributed by atoms with van der Waals surface area (Å²) < 4.78 is 61.0. The average molecular weight is 850 g/mol. The molecule has 0 spiro atoms. The number of nitrogens with two attached hydrogens (primary N) is 1. The van der Waals surface area contributed by atoms with Gasteiger partial charge in [-0.3, -0.25) is 28.1 Å². The Morgan fingerprint density at radius 3 is 2.32 bits per heavy atom. The van der Waals surface area contributed by atoms with Crippen LogP contribution in [0.3, 0.4) is 0 Å². The van der Waals surface area contributed by atoms with Crippen LogP contribution in [-0.2, 0) is 51.6 Å². The summed E-state index contributed by atoms with van der Waals surface area (Å²) in [6.45, 7) is 1.05. The normalized spacial score (nSPS) is 22.9. The lowest BCUT2D eigenvalue weighted by Crippen LogP contribution is -2.46. The van der Waals surface area contributed by atoms with Crippen LogP contribution in [0.4, 0.5) is 5.82 Å². The molecule has 4 rings (SSSR count). The van der Waals surface area contributed by atoms with Crippen LogP contribution in [0.5, 0.6) is 0 Å². The Labute approximate surface area is 318 Å². The molecule has 6 N–H and O–H groups in total. The van der Waals surface area contributed by atoms with Crippen molar-refractivity contribution in [2.24, 2.45) is 5.41 Å². The third-order valence-corrected chi connectivity index (χ3v) is 11.3. The van der Waals surface area contributed by atoms with Gasteiger partial charge in [0.15, 0.2) is 23.0 Å². The van der Waals surface area contributed by atoms with Gasteiger partial charge in [-0.2, -0.15) is 0 Å². The quantitative estimate of drug-likeness (QED) is 0.0571. The number of carbonyl (C=O) groups excluding carboxylic acids is 3. The van der Waals surface area contributed by atoms with Gasteiger partial charge in [0.1, 0.15) is 36.3 Å². The Hall–Kier alpha value is -3.57. The highest BCUT2D eigenvalue weighted by Gasteiger charge is 2.55. The van der Waals surface area contributed by atoms with Crippen LogP contribution in [0, 0.1) is 5.41 Å². The fourth-order valence-corrected chi connectivity index (χ4v) is 8.04. The minimum Gasteiger partial charge on any atom is -0.790 e. The maximum Gasteiger partial charge on any atom is 0.274 e. The number of fused-ring (bicyclic) bond motifs is 1. The molecule has 56 heavy (non-hydrogen) atoms. The Morgan fingerprint density at radius 1 is 1.02 bits per heavy atom. The number of rotatable bonds is 20. The monoisotopic (exact) mass is 849 g/mol. The van der Waals surface area contributed by atoms with E-state index in [4.69, 9.17) is 10.5 Å². The number of nitrogen functional groups attached to an aromatic ring is 1. The second kappa shape index (κ2) is 17.9. The van der Waals surface area contributed by atoms with Crippen molar-refractivity contribution in [3.05, 3.63) is 48.5 Å². The van der Waals surface area contributed by atoms with Gasteiger partial charge in [0.2, 0.25) is 11.8 Å². The number of nitrogens with zero attached hydrogens (tertiary/aromatic N) is 4. The molecule has 310 valence electrons. The molecule has 0 saturated carbocycles. The summed E-state index contributed by atoms with van der Waals surface area (Å²) in [5.74, 6) is -1.81. The molecular weight excluding hydrogens is 811 g/mol. The Morgan fingerprint density at radius 2 is 1.66 bits per heavy atom. The molecule has 1 saturated heterocycles. The predicted molar refractivity (Wildman–Crippen MR) is 181 cm³/mol. The molecule has 1 aliphatic heterocycles. The summed E-state index contributed by atoms with van der Waals surface area (Å²) in [5.41, 5.74) is 2.49. The van der Waals surface area contributed by atoms with E-state index in [2.05, 4.69) is 43.5 Å². The zero-order valence-electron chi connectivity index (χ0n) is 29.8. The Kier molecular flexibility index (Phi) is 14.4. The first-order valence-electron chi connectivity index (χ1n) is 16.4. The highest BCUT2D eigenvalue weighted by molar-refractivity contribution is 7.59. The minimum absolute atomic E-state index is 0.0331. The van der Waals surface area contributed by atoms with Gasteiger partial charge in [-0.15, -0.1) is 0 Å². The van der Waals surface area contributed by atoms with Gasteiger partial charge in [-0.1, -0.05) is 44.2 Å². The fraction of sp³-hybridized carbons (Fsp3) is 0.517. The maximum atomic E-state index is 12.6. The molecule has 1 aromatic carbocycles. The number of aromatic nitrogens is 4. The summed E-state index contributed by atoms with van der Waals surface area (Å²) in [7, 11) is -17.7. The van der Waals surface area contributed by atoms with E-state index < -0.39 is 84.1 Å². The van der Waals surface area contributed by atoms with E-state index in [1.807, 2.05) is 0 Å². The highest BCUT2D eigenvalue weighted by Crippen LogP contribution is 2.56. The molecule has 27 heteroatoms. The van der Waals surface area contributed by atoms with Crippen molar-refractivity contribution in [2.75, 3.05) is 32.0 Å². The van der Waals surface area contributed by atoms with E-state index in [9.17, 15) is 57.9 Å². The summed E-state index contributed by atoms with van der Waals surface area (Å²) in [5, 5.41) is 26.4. The van der Waals surface area contributed by atoms with Crippen molar-refractivity contribution >= 4 is 58.0 Å². The summed E-state index contributed by atoms with van der Waals surface area (Å²) in [4.78, 5) is 96.6. The third kappa shape index (κ3) is 11.7. The first-order chi connectivity index (χ1) is 25.9. The number of phosphoric ester groups is 3. The van der Waals surface area contributed by atoms with Gasteiger partial charge in [-0.25, -0.2) is 19.3 Å². The molecule has 1 fully saturated rings. The molecule has 0 radical (unpaired) electrons. The maximum absolute atomic E-state index is 12.6. The van der Waals surface area contributed by atoms with E-state index in [1.165, 1.54) is 20.8 Å². The smallest absolute Gasteiger partial charge is 0.274 e. The summed E-state index contributed by atoms with van der Waals surface area (Å²) in [6.07, 6.45) is -6.10. The van der Waals surface area contributed by atoms with Crippen LogP contribution in [0.15, 0.2) is 43.0 Å². The van der Waals surface area contributed by atoms with Gasteiger partial charge in [0, 0.05) is 36.9 Å². The zero-order valence-corrected chi connectivity index (χ0v) is 32.5. The second-order valence-electron chi connectivity index (χ2n) is 13.1. The lowest BCUT2D eigenvalue weighted by molar-refractivity contribution is -0.347. The number of imidazole rings is 1. The van der Waals surface area contributed by atoms with Crippen molar-refractivity contribution < 1.29 is 80.5 Å². The SMILES string of the molecule is CC(C)(COP(=O)([O-])OP(=O)([O-])OCC1OC(C)(n2cnc3c(N)ncnc32)C(O)C1OP(=O)([O-])[O-])C(O)C(=O)NCCC(=O)NCCC(=O)c1ccccc1. The zero-order chi connectivity index (χ0) is 41.7. The first-order valence-corrected chi connectivity index (χ1v) is 20.8. The lowest BCUT2D eigenvalue weighted by Gasteiger charge is -2.36. The van der Waals surface area contributed by atoms with Gasteiger partial charge in [0.25, 0.3) is 15.6 Å². The fourth-order valence-electron chi connectivity index (χ4n) is 5.31. The van der Waals surface area contributed by atoms with Crippen molar-refractivity contribution in [2.45, 2.75) is 63.8 Å². The molecule has 0 bridgehead atoms. The number of ether oxygens (including phenoxy) is 1. The van der Waals surface area contributed by atoms with Crippen molar-refractivity contribution in [1.29, 1.82) is 0 Å². The standard InChI is InChI=1S/C29H42N7O17P3/c1-28(2,24(40)27(41)32-12-10-20(38)31-11-9-18(37)17-7-5-4-6-8-17)14-50-56(47,48)53-55(45,46)49-13-19-22(52-54(42,43)44)23(39)29(3,51-19)36-16-35-21-25(30)33-15-34-26(21)36/h4-8,15-16,19,22-24,39-40H,9-14H2,1-3H3,(H,31,38)(H,32,41)(H,45,46)(H,47,48)(H2,30,33,34)(H2,42,43,44)/p-4. The number of Topliss-reactive ketones (excluding diaryl/α,β-unsaturated/α-hetero) is 1. The van der Waals surface area contributed by atoms with Crippen molar-refractivity contribution in [3.63, 3.8) is 0 Å². The highest BCUT2D eigenvalue weighted by atomic mass is 31.3. The molecular formula is C29H38N7O17P3-4. The lowest BCUT2D eigenvalue weighted by atomic mass is 9.87. The average Bonchev–Trinajstić information content (AvgIpc) is 3.66. The number of hydrogen-bond donors (Lipinski definition) is 5. The molecule has 0 aliphatic carbocycles. The molecule has 24 nitrogen and oxygen atoms in total. The number of hydrogen-bond acceptors (Lipinski definition) is 21. The molecule has 3 heterocycles. The van der Waals surface area contributed by atoms with E-state index in [0.29, 0.717) is 5.56 Å². The third-order valence-electron chi connectivity index (χ3n) is 8.31. The number of aliphatic hydroxyl groups excluding tert-OH is 2. The first kappa shape index (κ1) is 45.1. The summed E-state index contributed by atoms with van der Waals surface area (Å²) in [6, 6.07) is 8.43. The summed E-state index contributed by atoms with van der Waals surface area (Å²) >= 11 is 0. The topological polar surface area (TPSA) is 375 Å². The van der Waals surface area contributed by atoms with Crippen LogP contribution in [-0.4, -0.2) is 98.0 Å². The molecule has 7 unspecified atom stereocenters. The Bertz CT molecular complexity index is 2030. The largest absolute Gasteiger partial charge is 0.790 e. The van der Waals surface area contributed by atoms with E-state index in [0.717, 1.165) is 17.2 Å². The van der Waals surface area contributed by atoms with Crippen LogP contribution >= 0.6 is 23.5 Å². The van der Waals surface area contributed by atoms with E-state index in [1.54, 1.807) is 30.3 Å². The van der Waals surface area contributed by atoms with Gasteiger partial charge >= 0.3 is 0 Å². The van der Waals surface area contributed by atoms with Crippen molar-refractivity contribution in [1.82, 2.24) is 30.2 Å². The van der Waals surface area contributed by atoms with E-state index >= 15 is 0 Å². The second-order valence-corrected chi connectivity index (χ2v) is 17.1. The Balaban J connectivity index is 1.28. The number of anilines is 1. The van der Waals surface area contributed by atoms with Gasteiger partial charge in [0.05, 0.1) is 27.4 Å².